The van der Waals surface area contributed by atoms with Crippen molar-refractivity contribution < 1.29 is 0 Å². The highest BCUT2D eigenvalue weighted by molar-refractivity contribution is 7.99. The number of hydrogen-bond acceptors (Lipinski definition) is 3. The average molecular weight is 199 g/mol. The third-order valence-electron chi connectivity index (χ3n) is 2.33. The number of H-pyrrole nitrogens is 2. The second kappa shape index (κ2) is 3.59. The normalized spacial score (nSPS) is 23.3. The van der Waals surface area contributed by atoms with E-state index in [9.17, 15) is 4.79 Å². The smallest absolute Gasteiger partial charge is 0.267 e. The minimum atomic E-state index is -0.00706. The summed E-state index contributed by atoms with van der Waals surface area (Å²) < 4.78 is 0. The van der Waals surface area contributed by atoms with E-state index in [0.29, 0.717) is 6.04 Å². The minimum Gasteiger partial charge on any atom is -0.307 e. The highest BCUT2D eigenvalue weighted by Gasteiger charge is 2.19. The second-order valence-electron chi connectivity index (χ2n) is 3.20. The SMILES string of the molecule is Cc1c(C2CSCCN2)[nH][nH]c1=O. The van der Waals surface area contributed by atoms with E-state index in [1.807, 2.05) is 18.7 Å². The molecule has 72 valence electrons. The first-order valence-electron chi connectivity index (χ1n) is 4.37. The Bertz CT molecular complexity index is 337. The zero-order chi connectivity index (χ0) is 9.26. The van der Waals surface area contributed by atoms with Crippen LogP contribution in [0.3, 0.4) is 0 Å². The summed E-state index contributed by atoms with van der Waals surface area (Å²) in [6, 6.07) is 0.303. The molecule has 1 aromatic heterocycles. The monoisotopic (exact) mass is 199 g/mol. The van der Waals surface area contributed by atoms with Gasteiger partial charge < -0.3 is 10.4 Å². The second-order valence-corrected chi connectivity index (χ2v) is 4.35. The molecule has 0 spiro atoms. The van der Waals surface area contributed by atoms with Crippen molar-refractivity contribution in [2.45, 2.75) is 13.0 Å². The molecular weight excluding hydrogens is 186 g/mol. The van der Waals surface area contributed by atoms with Gasteiger partial charge >= 0.3 is 0 Å². The van der Waals surface area contributed by atoms with E-state index in [-0.39, 0.29) is 5.56 Å². The molecule has 1 aliphatic rings. The number of rotatable bonds is 1. The largest absolute Gasteiger partial charge is 0.307 e. The molecule has 0 radical (unpaired) electrons. The van der Waals surface area contributed by atoms with Crippen LogP contribution in [0, 0.1) is 6.92 Å². The molecule has 1 unspecified atom stereocenters. The lowest BCUT2D eigenvalue weighted by molar-refractivity contribution is 0.577. The van der Waals surface area contributed by atoms with E-state index in [0.717, 1.165) is 29.3 Å². The van der Waals surface area contributed by atoms with E-state index in [1.165, 1.54) is 0 Å². The molecule has 5 heteroatoms. The maximum absolute atomic E-state index is 11.2. The van der Waals surface area contributed by atoms with Crippen molar-refractivity contribution in [3.8, 4) is 0 Å². The molecule has 3 N–H and O–H groups in total. The molecule has 0 aliphatic carbocycles. The summed E-state index contributed by atoms with van der Waals surface area (Å²) in [6.45, 7) is 2.87. The van der Waals surface area contributed by atoms with E-state index >= 15 is 0 Å². The molecule has 0 saturated carbocycles. The van der Waals surface area contributed by atoms with Gasteiger partial charge in [-0.25, -0.2) is 0 Å². The maximum atomic E-state index is 11.2. The summed E-state index contributed by atoms with van der Waals surface area (Å²) in [5.41, 5.74) is 1.81. The first-order valence-corrected chi connectivity index (χ1v) is 5.53. The molecule has 13 heavy (non-hydrogen) atoms. The van der Waals surface area contributed by atoms with Crippen LogP contribution in [-0.2, 0) is 0 Å². The Balaban J connectivity index is 2.23. The van der Waals surface area contributed by atoms with Gasteiger partial charge in [-0.2, -0.15) is 11.8 Å². The van der Waals surface area contributed by atoms with Crippen LogP contribution in [0.5, 0.6) is 0 Å². The lowest BCUT2D eigenvalue weighted by atomic mass is 10.1. The zero-order valence-corrected chi connectivity index (χ0v) is 8.33. The van der Waals surface area contributed by atoms with Crippen LogP contribution in [0.25, 0.3) is 0 Å². The van der Waals surface area contributed by atoms with Crippen LogP contribution >= 0.6 is 11.8 Å². The van der Waals surface area contributed by atoms with Crippen molar-refractivity contribution >= 4 is 11.8 Å². The molecule has 1 saturated heterocycles. The molecule has 1 aromatic rings. The Kier molecular flexibility index (Phi) is 2.46. The Morgan fingerprint density at radius 2 is 2.31 bits per heavy atom. The fourth-order valence-electron chi connectivity index (χ4n) is 1.53. The van der Waals surface area contributed by atoms with Gasteiger partial charge in [0.1, 0.15) is 0 Å². The minimum absolute atomic E-state index is 0.00706. The fourth-order valence-corrected chi connectivity index (χ4v) is 2.48. The number of aromatic nitrogens is 2. The molecule has 2 heterocycles. The van der Waals surface area contributed by atoms with Crippen molar-refractivity contribution in [3.63, 3.8) is 0 Å². The predicted molar refractivity (Wildman–Crippen MR) is 54.2 cm³/mol. The first-order chi connectivity index (χ1) is 6.29. The topological polar surface area (TPSA) is 60.7 Å². The predicted octanol–water partition coefficient (Wildman–Crippen LogP) is 0.389. The van der Waals surface area contributed by atoms with Gasteiger partial charge in [0.25, 0.3) is 5.56 Å². The number of thioether (sulfide) groups is 1. The van der Waals surface area contributed by atoms with Gasteiger partial charge in [-0.05, 0) is 6.92 Å². The van der Waals surface area contributed by atoms with Gasteiger partial charge in [-0.3, -0.25) is 9.89 Å². The van der Waals surface area contributed by atoms with Crippen LogP contribution in [-0.4, -0.2) is 28.2 Å². The fraction of sp³-hybridized carbons (Fsp3) is 0.625. The summed E-state index contributed by atoms with van der Waals surface area (Å²) in [5.74, 6) is 2.19. The lowest BCUT2D eigenvalue weighted by Crippen LogP contribution is -2.31. The summed E-state index contributed by atoms with van der Waals surface area (Å²) in [5, 5.41) is 8.91. The summed E-state index contributed by atoms with van der Waals surface area (Å²) in [7, 11) is 0. The van der Waals surface area contributed by atoms with Crippen molar-refractivity contribution in [2.75, 3.05) is 18.1 Å². The molecule has 1 atom stereocenters. The molecule has 0 amide bonds. The summed E-state index contributed by atoms with van der Waals surface area (Å²) >= 11 is 1.92. The van der Waals surface area contributed by atoms with Gasteiger partial charge in [0.15, 0.2) is 0 Å². The van der Waals surface area contributed by atoms with Gasteiger partial charge in [0, 0.05) is 23.6 Å². The maximum Gasteiger partial charge on any atom is 0.267 e. The molecule has 0 aromatic carbocycles. The molecule has 2 rings (SSSR count). The Hall–Kier alpha value is -0.680. The van der Waals surface area contributed by atoms with Gasteiger partial charge in [0.05, 0.1) is 11.7 Å². The van der Waals surface area contributed by atoms with Crippen molar-refractivity contribution in [1.29, 1.82) is 0 Å². The standard InChI is InChI=1S/C8H13N3OS/c1-5-7(10-11-8(5)12)6-4-13-3-2-9-6/h6,9H,2-4H2,1H3,(H2,10,11,12). The van der Waals surface area contributed by atoms with Crippen LogP contribution in [0.2, 0.25) is 0 Å². The van der Waals surface area contributed by atoms with Gasteiger partial charge in [-0.1, -0.05) is 0 Å². The van der Waals surface area contributed by atoms with E-state index in [1.54, 1.807) is 0 Å². The zero-order valence-electron chi connectivity index (χ0n) is 7.52. The Morgan fingerprint density at radius 1 is 1.46 bits per heavy atom. The molecular formula is C8H13N3OS. The number of nitrogens with one attached hydrogen (secondary N) is 3. The Morgan fingerprint density at radius 3 is 2.85 bits per heavy atom. The lowest BCUT2D eigenvalue weighted by Gasteiger charge is -2.22. The molecule has 4 nitrogen and oxygen atoms in total. The van der Waals surface area contributed by atoms with Gasteiger partial charge in [-0.15, -0.1) is 0 Å². The van der Waals surface area contributed by atoms with Crippen molar-refractivity contribution in [3.05, 3.63) is 21.6 Å². The van der Waals surface area contributed by atoms with E-state index in [4.69, 9.17) is 0 Å². The number of aromatic amines is 2. The summed E-state index contributed by atoms with van der Waals surface area (Å²) in [6.07, 6.45) is 0. The molecule has 0 bridgehead atoms. The van der Waals surface area contributed by atoms with E-state index < -0.39 is 0 Å². The molecule has 1 aliphatic heterocycles. The first kappa shape index (κ1) is 8.90. The van der Waals surface area contributed by atoms with Crippen LogP contribution in [0.4, 0.5) is 0 Å². The van der Waals surface area contributed by atoms with Crippen molar-refractivity contribution in [1.82, 2.24) is 15.5 Å². The number of hydrogen-bond donors (Lipinski definition) is 3. The molecule has 1 fully saturated rings. The third-order valence-corrected chi connectivity index (χ3v) is 3.39. The summed E-state index contributed by atoms with van der Waals surface area (Å²) in [4.78, 5) is 11.2. The van der Waals surface area contributed by atoms with Gasteiger partial charge in [0.2, 0.25) is 0 Å². The van der Waals surface area contributed by atoms with Crippen LogP contribution in [0.15, 0.2) is 4.79 Å². The third kappa shape index (κ3) is 1.66. The Labute approximate surface area is 80.5 Å². The quantitative estimate of drug-likeness (QED) is 0.613. The average Bonchev–Trinajstić information content (AvgIpc) is 2.49. The van der Waals surface area contributed by atoms with E-state index in [2.05, 4.69) is 15.5 Å². The highest BCUT2D eigenvalue weighted by Crippen LogP contribution is 2.20. The van der Waals surface area contributed by atoms with Crippen LogP contribution < -0.4 is 10.9 Å². The van der Waals surface area contributed by atoms with Crippen LogP contribution in [0.1, 0.15) is 17.3 Å². The highest BCUT2D eigenvalue weighted by atomic mass is 32.2. The van der Waals surface area contributed by atoms with Crippen molar-refractivity contribution in [2.24, 2.45) is 0 Å².